The number of hydrogen-bond donors (Lipinski definition) is 2. The summed E-state index contributed by atoms with van der Waals surface area (Å²) in [5, 5.41) is 7.20. The zero-order valence-electron chi connectivity index (χ0n) is 17.7. The van der Waals surface area contributed by atoms with Gasteiger partial charge in [0, 0.05) is 37.0 Å². The normalized spacial score (nSPS) is 11.7. The van der Waals surface area contributed by atoms with Crippen molar-refractivity contribution in [2.24, 2.45) is 0 Å². The van der Waals surface area contributed by atoms with Crippen LogP contribution < -0.4 is 10.0 Å². The van der Waals surface area contributed by atoms with Gasteiger partial charge in [-0.15, -0.1) is 0 Å². The van der Waals surface area contributed by atoms with Gasteiger partial charge >= 0.3 is 0 Å². The molecule has 0 atom stereocenters. The number of rotatable bonds is 8. The lowest BCUT2D eigenvalue weighted by atomic mass is 10.1. The molecule has 2 aromatic heterocycles. The molecule has 30 heavy (non-hydrogen) atoms. The van der Waals surface area contributed by atoms with E-state index in [2.05, 4.69) is 20.1 Å². The molecule has 160 valence electrons. The molecule has 0 bridgehead atoms. The molecule has 2 heterocycles. The Balaban J connectivity index is 1.50. The third-order valence-corrected chi connectivity index (χ3v) is 6.44. The van der Waals surface area contributed by atoms with Crippen LogP contribution in [0.4, 0.5) is 0 Å². The summed E-state index contributed by atoms with van der Waals surface area (Å²) in [5.41, 5.74) is 5.55. The minimum Gasteiger partial charge on any atom is -0.355 e. The summed E-state index contributed by atoms with van der Waals surface area (Å²) in [6.07, 6.45) is 0.834. The highest BCUT2D eigenvalue weighted by atomic mass is 32.2. The number of carbonyl (C=O) groups excluding carboxylic acids is 1. The first kappa shape index (κ1) is 21.9. The van der Waals surface area contributed by atoms with Gasteiger partial charge in [0.15, 0.2) is 5.65 Å². The molecule has 0 radical (unpaired) electrons. The van der Waals surface area contributed by atoms with E-state index in [4.69, 9.17) is 0 Å². The van der Waals surface area contributed by atoms with Crippen molar-refractivity contribution in [2.75, 3.05) is 13.1 Å². The summed E-state index contributed by atoms with van der Waals surface area (Å²) in [5.74, 6) is -0.139. The fourth-order valence-corrected chi connectivity index (χ4v) is 4.35. The standard InChI is InChI=1S/C21H27N5O3S/c1-14-5-7-18(8-6-14)30(28,29)23-12-11-22-21(27)10-9-19-16(3)24-20-13-15(2)25-26(20)17(19)4/h5-8,13,23H,9-12H2,1-4H3,(H,22,27). The van der Waals surface area contributed by atoms with Gasteiger partial charge in [-0.1, -0.05) is 17.7 Å². The Morgan fingerprint density at radius 1 is 1.07 bits per heavy atom. The quantitative estimate of drug-likeness (QED) is 0.533. The molecule has 0 saturated heterocycles. The van der Waals surface area contributed by atoms with Crippen LogP contribution in [0.15, 0.2) is 35.2 Å². The predicted octanol–water partition coefficient (Wildman–Crippen LogP) is 1.99. The van der Waals surface area contributed by atoms with Crippen molar-refractivity contribution < 1.29 is 13.2 Å². The number of nitrogens with zero attached hydrogens (tertiary/aromatic N) is 3. The van der Waals surface area contributed by atoms with Crippen LogP contribution in [-0.2, 0) is 21.2 Å². The van der Waals surface area contributed by atoms with Crippen LogP contribution in [0.25, 0.3) is 5.65 Å². The van der Waals surface area contributed by atoms with Gasteiger partial charge in [-0.3, -0.25) is 4.79 Å². The van der Waals surface area contributed by atoms with Gasteiger partial charge in [0.25, 0.3) is 0 Å². The fraction of sp³-hybridized carbons (Fsp3) is 0.381. The Hall–Kier alpha value is -2.78. The highest BCUT2D eigenvalue weighted by Crippen LogP contribution is 2.17. The van der Waals surface area contributed by atoms with E-state index in [1.165, 1.54) is 0 Å². The number of carbonyl (C=O) groups is 1. The minimum atomic E-state index is -3.58. The fourth-order valence-electron chi connectivity index (χ4n) is 3.32. The SMILES string of the molecule is Cc1ccc(S(=O)(=O)NCCNC(=O)CCc2c(C)nc3cc(C)nn3c2C)cc1. The van der Waals surface area contributed by atoms with Crippen LogP contribution in [0.1, 0.15) is 34.6 Å². The predicted molar refractivity (Wildman–Crippen MR) is 115 cm³/mol. The zero-order chi connectivity index (χ0) is 21.9. The lowest BCUT2D eigenvalue weighted by Crippen LogP contribution is -2.34. The van der Waals surface area contributed by atoms with Gasteiger partial charge in [0.05, 0.1) is 10.6 Å². The smallest absolute Gasteiger partial charge is 0.240 e. The van der Waals surface area contributed by atoms with Crippen molar-refractivity contribution in [1.29, 1.82) is 0 Å². The third kappa shape index (κ3) is 5.03. The molecule has 0 aliphatic carbocycles. The second-order valence-electron chi connectivity index (χ2n) is 7.38. The summed E-state index contributed by atoms with van der Waals surface area (Å²) in [7, 11) is -3.58. The van der Waals surface area contributed by atoms with Crippen LogP contribution in [0.2, 0.25) is 0 Å². The van der Waals surface area contributed by atoms with Gasteiger partial charge in [-0.25, -0.2) is 22.6 Å². The van der Waals surface area contributed by atoms with E-state index in [0.717, 1.165) is 33.9 Å². The Morgan fingerprint density at radius 2 is 1.77 bits per heavy atom. The maximum atomic E-state index is 12.2. The monoisotopic (exact) mass is 429 g/mol. The van der Waals surface area contributed by atoms with Crippen molar-refractivity contribution in [3.63, 3.8) is 0 Å². The van der Waals surface area contributed by atoms with E-state index in [1.807, 2.05) is 33.8 Å². The van der Waals surface area contributed by atoms with Crippen LogP contribution in [0, 0.1) is 27.7 Å². The summed E-state index contributed by atoms with van der Waals surface area (Å²) in [6, 6.07) is 8.54. The Bertz CT molecular complexity index is 1170. The van der Waals surface area contributed by atoms with Gasteiger partial charge < -0.3 is 5.32 Å². The molecule has 1 aromatic carbocycles. The largest absolute Gasteiger partial charge is 0.355 e. The first-order chi connectivity index (χ1) is 14.2. The summed E-state index contributed by atoms with van der Waals surface area (Å²) < 4.78 is 28.8. The molecule has 3 aromatic rings. The van der Waals surface area contributed by atoms with Crippen molar-refractivity contribution >= 4 is 21.6 Å². The van der Waals surface area contributed by atoms with Gasteiger partial charge in [-0.05, 0) is 51.8 Å². The highest BCUT2D eigenvalue weighted by Gasteiger charge is 2.14. The second kappa shape index (κ2) is 8.93. The van der Waals surface area contributed by atoms with E-state index in [-0.39, 0.29) is 23.9 Å². The number of hydrogen-bond acceptors (Lipinski definition) is 5. The van der Waals surface area contributed by atoms with E-state index >= 15 is 0 Å². The molecule has 0 aliphatic heterocycles. The highest BCUT2D eigenvalue weighted by molar-refractivity contribution is 7.89. The molecule has 0 spiro atoms. The Kier molecular flexibility index (Phi) is 6.52. The number of sulfonamides is 1. The van der Waals surface area contributed by atoms with Crippen molar-refractivity contribution in [1.82, 2.24) is 24.6 Å². The van der Waals surface area contributed by atoms with Gasteiger partial charge in [0.1, 0.15) is 0 Å². The van der Waals surface area contributed by atoms with Crippen molar-refractivity contribution in [3.8, 4) is 0 Å². The summed E-state index contributed by atoms with van der Waals surface area (Å²) in [4.78, 5) is 17.0. The average Bonchev–Trinajstić information content (AvgIpc) is 3.06. The van der Waals surface area contributed by atoms with E-state index in [9.17, 15) is 13.2 Å². The van der Waals surface area contributed by atoms with E-state index in [1.54, 1.807) is 28.8 Å². The van der Waals surface area contributed by atoms with Crippen LogP contribution in [0.5, 0.6) is 0 Å². The molecular weight excluding hydrogens is 402 g/mol. The van der Waals surface area contributed by atoms with E-state index in [0.29, 0.717) is 12.8 Å². The zero-order valence-corrected chi connectivity index (χ0v) is 18.5. The maximum absolute atomic E-state index is 12.2. The number of amides is 1. The van der Waals surface area contributed by atoms with Gasteiger partial charge in [-0.2, -0.15) is 5.10 Å². The lowest BCUT2D eigenvalue weighted by molar-refractivity contribution is -0.121. The Labute approximate surface area is 176 Å². The molecule has 9 heteroatoms. The molecule has 0 aliphatic rings. The van der Waals surface area contributed by atoms with Crippen molar-refractivity contribution in [2.45, 2.75) is 45.4 Å². The van der Waals surface area contributed by atoms with Crippen molar-refractivity contribution in [3.05, 3.63) is 58.5 Å². The maximum Gasteiger partial charge on any atom is 0.240 e. The molecule has 2 N–H and O–H groups in total. The van der Waals surface area contributed by atoms with Gasteiger partial charge in [0.2, 0.25) is 15.9 Å². The molecule has 3 rings (SSSR count). The molecule has 0 unspecified atom stereocenters. The first-order valence-electron chi connectivity index (χ1n) is 9.83. The van der Waals surface area contributed by atoms with Crippen LogP contribution in [-0.4, -0.2) is 42.0 Å². The van der Waals surface area contributed by atoms with Crippen LogP contribution in [0.3, 0.4) is 0 Å². The van der Waals surface area contributed by atoms with E-state index < -0.39 is 10.0 Å². The molecule has 1 amide bonds. The number of aromatic nitrogens is 3. The molecule has 0 fully saturated rings. The second-order valence-corrected chi connectivity index (χ2v) is 9.14. The third-order valence-electron chi connectivity index (χ3n) is 4.96. The number of aryl methyl sites for hydroxylation is 4. The molecular formula is C21H27N5O3S. The number of benzene rings is 1. The average molecular weight is 430 g/mol. The number of fused-ring (bicyclic) bond motifs is 1. The Morgan fingerprint density at radius 3 is 2.47 bits per heavy atom. The van der Waals surface area contributed by atoms with Crippen LogP contribution >= 0.6 is 0 Å². The minimum absolute atomic E-state index is 0.125. The summed E-state index contributed by atoms with van der Waals surface area (Å²) in [6.45, 7) is 8.07. The molecule has 0 saturated carbocycles. The summed E-state index contributed by atoms with van der Waals surface area (Å²) >= 11 is 0. The number of nitrogens with one attached hydrogen (secondary N) is 2. The first-order valence-corrected chi connectivity index (χ1v) is 11.3. The molecule has 8 nitrogen and oxygen atoms in total. The lowest BCUT2D eigenvalue weighted by Gasteiger charge is -2.11. The topological polar surface area (TPSA) is 105 Å².